The van der Waals surface area contributed by atoms with E-state index in [1.54, 1.807) is 29.2 Å². The van der Waals surface area contributed by atoms with Crippen LogP contribution >= 0.6 is 11.6 Å². The minimum absolute atomic E-state index is 0.0339. The molecule has 7 heteroatoms. The maximum absolute atomic E-state index is 12.5. The molecule has 1 aromatic heterocycles. The molecule has 1 fully saturated rings. The fraction of sp³-hybridized carbons (Fsp3) is 0.200. The van der Waals surface area contributed by atoms with Crippen molar-refractivity contribution in [1.82, 2.24) is 10.2 Å². The Bertz CT molecular complexity index is 740. The average molecular weight is 314 g/mol. The van der Waals surface area contributed by atoms with Gasteiger partial charge in [0.15, 0.2) is 5.69 Å². The van der Waals surface area contributed by atoms with Gasteiger partial charge in [-0.25, -0.2) is 0 Å². The van der Waals surface area contributed by atoms with Crippen molar-refractivity contribution in [2.24, 2.45) is 0 Å². The van der Waals surface area contributed by atoms with E-state index >= 15 is 0 Å². The highest BCUT2D eigenvalue weighted by molar-refractivity contribution is 6.31. The van der Waals surface area contributed by atoms with Gasteiger partial charge in [0.25, 0.3) is 0 Å². The van der Waals surface area contributed by atoms with Gasteiger partial charge < -0.3 is 10.2 Å². The van der Waals surface area contributed by atoms with Crippen molar-refractivity contribution in [2.45, 2.75) is 12.5 Å². The molecule has 0 saturated carbocycles. The second-order valence-electron chi connectivity index (χ2n) is 4.87. The molecule has 1 atom stereocenters. The number of nitrogens with zero attached hydrogens (tertiary/aromatic N) is 4. The number of rotatable bonds is 3. The minimum Gasteiger partial charge on any atom is -0.357 e. The first kappa shape index (κ1) is 14.3. The zero-order chi connectivity index (χ0) is 15.5. The van der Waals surface area contributed by atoms with Gasteiger partial charge in [0.05, 0.1) is 0 Å². The number of amides is 1. The second kappa shape index (κ2) is 6.00. The molecule has 3 rings (SSSR count). The first-order chi connectivity index (χ1) is 10.7. The van der Waals surface area contributed by atoms with Crippen molar-refractivity contribution in [1.29, 1.82) is 5.26 Å². The molecule has 1 aliphatic rings. The molecule has 0 spiro atoms. The van der Waals surface area contributed by atoms with E-state index in [2.05, 4.69) is 15.5 Å². The molecule has 1 N–H and O–H groups in total. The quantitative estimate of drug-likeness (QED) is 0.939. The summed E-state index contributed by atoms with van der Waals surface area (Å²) in [5.74, 6) is 0.443. The molecule has 22 heavy (non-hydrogen) atoms. The molecule has 1 aromatic carbocycles. The van der Waals surface area contributed by atoms with Crippen LogP contribution < -0.4 is 10.2 Å². The molecular formula is C15H12ClN5O. The van der Waals surface area contributed by atoms with Gasteiger partial charge in [0.2, 0.25) is 5.91 Å². The Kier molecular flexibility index (Phi) is 3.90. The third-order valence-corrected chi connectivity index (χ3v) is 3.66. The normalized spacial score (nSPS) is 17.4. The molecule has 2 aromatic rings. The molecular weight excluding hydrogens is 302 g/mol. The van der Waals surface area contributed by atoms with E-state index in [-0.39, 0.29) is 17.6 Å². The van der Waals surface area contributed by atoms with Crippen LogP contribution in [0.25, 0.3) is 0 Å². The largest absolute Gasteiger partial charge is 0.357 e. The van der Waals surface area contributed by atoms with Crippen LogP contribution in [0.3, 0.4) is 0 Å². The van der Waals surface area contributed by atoms with Crippen LogP contribution in [0, 0.1) is 11.3 Å². The summed E-state index contributed by atoms with van der Waals surface area (Å²) in [4.78, 5) is 14.2. The Morgan fingerprint density at radius 2 is 2.18 bits per heavy atom. The van der Waals surface area contributed by atoms with E-state index in [0.717, 1.165) is 5.69 Å². The van der Waals surface area contributed by atoms with Crippen LogP contribution in [0.1, 0.15) is 12.1 Å². The van der Waals surface area contributed by atoms with Gasteiger partial charge >= 0.3 is 0 Å². The predicted octanol–water partition coefficient (Wildman–Crippen LogP) is 2.22. The fourth-order valence-electron chi connectivity index (χ4n) is 2.36. The number of nitrogens with one attached hydrogen (secondary N) is 1. The van der Waals surface area contributed by atoms with Gasteiger partial charge in [-0.15, -0.1) is 10.2 Å². The molecule has 1 aliphatic heterocycles. The highest BCUT2D eigenvalue weighted by Crippen LogP contribution is 2.25. The topological polar surface area (TPSA) is 81.9 Å². The molecule has 1 saturated heterocycles. The Labute approximate surface area is 132 Å². The van der Waals surface area contributed by atoms with E-state index in [1.165, 1.54) is 0 Å². The maximum atomic E-state index is 12.5. The number of hydrogen-bond acceptors (Lipinski definition) is 5. The molecule has 0 bridgehead atoms. The predicted molar refractivity (Wildman–Crippen MR) is 82.6 cm³/mol. The van der Waals surface area contributed by atoms with Crippen molar-refractivity contribution in [2.75, 3.05) is 16.8 Å². The van der Waals surface area contributed by atoms with Crippen molar-refractivity contribution >= 4 is 29.0 Å². The zero-order valence-corrected chi connectivity index (χ0v) is 12.3. The Hall–Kier alpha value is -2.65. The van der Waals surface area contributed by atoms with Gasteiger partial charge in [-0.3, -0.25) is 4.79 Å². The van der Waals surface area contributed by atoms with Crippen molar-refractivity contribution < 1.29 is 4.79 Å². The van der Waals surface area contributed by atoms with Crippen LogP contribution in [0.15, 0.2) is 36.4 Å². The molecule has 1 amide bonds. The van der Waals surface area contributed by atoms with Gasteiger partial charge in [-0.2, -0.15) is 5.26 Å². The molecule has 110 valence electrons. The van der Waals surface area contributed by atoms with Crippen LogP contribution in [0.2, 0.25) is 5.02 Å². The van der Waals surface area contributed by atoms with E-state index in [0.29, 0.717) is 23.8 Å². The summed E-state index contributed by atoms with van der Waals surface area (Å²) in [6.07, 6.45) is 0.660. The summed E-state index contributed by atoms with van der Waals surface area (Å²) in [5, 5.41) is 20.0. The summed E-state index contributed by atoms with van der Waals surface area (Å²) in [5.41, 5.74) is 1.02. The first-order valence-corrected chi connectivity index (χ1v) is 7.12. The highest BCUT2D eigenvalue weighted by Gasteiger charge is 2.32. The van der Waals surface area contributed by atoms with E-state index in [9.17, 15) is 4.79 Å². The number of anilines is 2. The van der Waals surface area contributed by atoms with Crippen molar-refractivity contribution in [3.63, 3.8) is 0 Å². The first-order valence-electron chi connectivity index (χ1n) is 6.75. The lowest BCUT2D eigenvalue weighted by atomic mass is 10.2. The lowest BCUT2D eigenvalue weighted by molar-refractivity contribution is -0.117. The number of halogens is 1. The van der Waals surface area contributed by atoms with Gasteiger partial charge in [-0.05, 0) is 36.8 Å². The van der Waals surface area contributed by atoms with Gasteiger partial charge in [-0.1, -0.05) is 17.7 Å². The lowest BCUT2D eigenvalue weighted by Crippen LogP contribution is -2.33. The molecule has 2 heterocycles. The van der Waals surface area contributed by atoms with Crippen LogP contribution in [-0.2, 0) is 4.79 Å². The van der Waals surface area contributed by atoms with Crippen molar-refractivity contribution in [3.8, 4) is 6.07 Å². The smallest absolute Gasteiger partial charge is 0.249 e. The zero-order valence-electron chi connectivity index (χ0n) is 11.5. The maximum Gasteiger partial charge on any atom is 0.249 e. The van der Waals surface area contributed by atoms with Gasteiger partial charge in [0.1, 0.15) is 17.9 Å². The molecule has 0 aliphatic carbocycles. The summed E-state index contributed by atoms with van der Waals surface area (Å²) < 4.78 is 0. The third kappa shape index (κ3) is 2.85. The van der Waals surface area contributed by atoms with Crippen molar-refractivity contribution in [3.05, 3.63) is 47.1 Å². The van der Waals surface area contributed by atoms with E-state index in [4.69, 9.17) is 16.9 Å². The van der Waals surface area contributed by atoms with Crippen LogP contribution in [0.4, 0.5) is 11.5 Å². The Balaban J connectivity index is 1.72. The standard InChI is InChI=1S/C15H12ClN5O/c16-10-2-1-3-12(8-10)21-7-6-13(15(21)22)18-14-5-4-11(9-17)19-20-14/h1-5,8,13H,6-7H2,(H,18,20). The van der Waals surface area contributed by atoms with Crippen LogP contribution in [0.5, 0.6) is 0 Å². The monoisotopic (exact) mass is 313 g/mol. The Morgan fingerprint density at radius 3 is 2.86 bits per heavy atom. The summed E-state index contributed by atoms with van der Waals surface area (Å²) in [6.45, 7) is 0.612. The average Bonchev–Trinajstić information content (AvgIpc) is 2.89. The summed E-state index contributed by atoms with van der Waals surface area (Å²) in [6, 6.07) is 12.0. The fourth-order valence-corrected chi connectivity index (χ4v) is 2.55. The van der Waals surface area contributed by atoms with Crippen LogP contribution in [-0.4, -0.2) is 28.7 Å². The number of benzene rings is 1. The minimum atomic E-state index is -0.360. The molecule has 6 nitrogen and oxygen atoms in total. The number of nitriles is 1. The SMILES string of the molecule is N#Cc1ccc(NC2CCN(c3cccc(Cl)c3)C2=O)nn1. The van der Waals surface area contributed by atoms with Gasteiger partial charge in [0, 0.05) is 17.3 Å². The highest BCUT2D eigenvalue weighted by atomic mass is 35.5. The Morgan fingerprint density at radius 1 is 1.32 bits per heavy atom. The number of aromatic nitrogens is 2. The number of carbonyl (C=O) groups excluding carboxylic acids is 1. The number of hydrogen-bond donors (Lipinski definition) is 1. The van der Waals surface area contributed by atoms with E-state index < -0.39 is 0 Å². The third-order valence-electron chi connectivity index (χ3n) is 3.43. The second-order valence-corrected chi connectivity index (χ2v) is 5.31. The summed E-state index contributed by atoms with van der Waals surface area (Å²) >= 11 is 5.97. The molecule has 1 unspecified atom stereocenters. The molecule has 0 radical (unpaired) electrons. The lowest BCUT2D eigenvalue weighted by Gasteiger charge is -2.17. The summed E-state index contributed by atoms with van der Waals surface area (Å²) in [7, 11) is 0. The van der Waals surface area contributed by atoms with E-state index in [1.807, 2.05) is 18.2 Å². The number of carbonyl (C=O) groups is 1.